The second-order valence-electron chi connectivity index (χ2n) is 9.86. The normalized spacial score (nSPS) is 16.4. The molecule has 0 saturated carbocycles. The predicted molar refractivity (Wildman–Crippen MR) is 144 cm³/mol. The first-order chi connectivity index (χ1) is 17.6. The molecule has 3 aromatic carbocycles. The maximum absolute atomic E-state index is 13.6. The number of hydrogen-bond acceptors (Lipinski definition) is 6. The summed E-state index contributed by atoms with van der Waals surface area (Å²) < 4.78 is 21.7. The zero-order valence-corrected chi connectivity index (χ0v) is 22.3. The Morgan fingerprint density at radius 2 is 1.41 bits per heavy atom. The molecule has 7 nitrogen and oxygen atoms in total. The van der Waals surface area contributed by atoms with Gasteiger partial charge in [-0.3, -0.25) is 9.69 Å². The van der Waals surface area contributed by atoms with E-state index < -0.39 is 6.04 Å². The number of phenols is 1. The number of benzene rings is 3. The monoisotopic (exact) mass is 503 g/mol. The lowest BCUT2D eigenvalue weighted by atomic mass is 9.84. The number of phenolic OH excluding ortho intramolecular Hbond substituents is 1. The van der Waals surface area contributed by atoms with Gasteiger partial charge in [-0.1, -0.05) is 51.1 Å². The van der Waals surface area contributed by atoms with E-state index in [-0.39, 0.29) is 17.1 Å². The molecule has 0 bridgehead atoms. The Bertz CT molecular complexity index is 1310. The van der Waals surface area contributed by atoms with Crippen molar-refractivity contribution in [2.75, 3.05) is 33.3 Å². The fourth-order valence-corrected chi connectivity index (χ4v) is 4.52. The van der Waals surface area contributed by atoms with Crippen LogP contribution in [0.5, 0.6) is 28.7 Å². The van der Waals surface area contributed by atoms with Crippen molar-refractivity contribution in [2.45, 2.75) is 32.2 Å². The summed E-state index contributed by atoms with van der Waals surface area (Å²) in [6.45, 7) is 6.49. The van der Waals surface area contributed by atoms with Crippen molar-refractivity contribution in [2.24, 2.45) is 0 Å². The van der Waals surface area contributed by atoms with Crippen LogP contribution in [0.2, 0.25) is 0 Å². The van der Waals surface area contributed by atoms with Crippen LogP contribution in [0.3, 0.4) is 0 Å². The molecule has 0 aliphatic carbocycles. The molecule has 1 amide bonds. The molecule has 1 unspecified atom stereocenters. The Labute approximate surface area is 217 Å². The summed E-state index contributed by atoms with van der Waals surface area (Å²) in [6.07, 6.45) is 1.90. The van der Waals surface area contributed by atoms with Crippen LogP contribution in [-0.2, 0) is 10.2 Å². The summed E-state index contributed by atoms with van der Waals surface area (Å²) in [5.41, 5.74) is 4.09. The average molecular weight is 504 g/mol. The van der Waals surface area contributed by atoms with Gasteiger partial charge in [-0.2, -0.15) is 0 Å². The smallest absolute Gasteiger partial charge is 0.257 e. The number of amides is 1. The molecule has 194 valence electrons. The van der Waals surface area contributed by atoms with Gasteiger partial charge in [-0.05, 0) is 40.3 Å². The van der Waals surface area contributed by atoms with Crippen molar-refractivity contribution in [1.82, 2.24) is 0 Å². The quantitative estimate of drug-likeness (QED) is 0.320. The highest BCUT2D eigenvalue weighted by Crippen LogP contribution is 2.49. The first-order valence-electron chi connectivity index (χ1n) is 12.0. The van der Waals surface area contributed by atoms with E-state index in [1.165, 1.54) is 34.0 Å². The van der Waals surface area contributed by atoms with Gasteiger partial charge in [-0.25, -0.2) is 0 Å². The molecule has 37 heavy (non-hydrogen) atoms. The number of rotatable bonds is 7. The summed E-state index contributed by atoms with van der Waals surface area (Å²) in [7, 11) is 6.09. The zero-order chi connectivity index (χ0) is 26.9. The zero-order valence-electron chi connectivity index (χ0n) is 22.3. The minimum Gasteiger partial charge on any atom is -0.504 e. The minimum atomic E-state index is -0.450. The highest BCUT2D eigenvalue weighted by atomic mass is 16.5. The van der Waals surface area contributed by atoms with E-state index in [1.807, 2.05) is 24.3 Å². The van der Waals surface area contributed by atoms with E-state index in [1.54, 1.807) is 29.2 Å². The number of aromatic hydroxyl groups is 1. The van der Waals surface area contributed by atoms with Crippen molar-refractivity contribution in [3.05, 3.63) is 76.9 Å². The van der Waals surface area contributed by atoms with Gasteiger partial charge < -0.3 is 24.1 Å². The van der Waals surface area contributed by atoms with Gasteiger partial charge in [0.15, 0.2) is 23.0 Å². The number of nitrogens with zero attached hydrogens (tertiary/aromatic N) is 1. The molecule has 0 aromatic heterocycles. The summed E-state index contributed by atoms with van der Waals surface area (Å²) >= 11 is 0. The van der Waals surface area contributed by atoms with Crippen LogP contribution in [-0.4, -0.2) is 39.5 Å². The van der Waals surface area contributed by atoms with Crippen molar-refractivity contribution in [3.8, 4) is 28.7 Å². The van der Waals surface area contributed by atoms with Gasteiger partial charge in [0.1, 0.15) is 0 Å². The van der Waals surface area contributed by atoms with Crippen LogP contribution < -0.4 is 23.8 Å². The Hall–Kier alpha value is -4.13. The first kappa shape index (κ1) is 25.9. The predicted octanol–water partition coefficient (Wildman–Crippen LogP) is 5.90. The maximum Gasteiger partial charge on any atom is 0.257 e. The standard InChI is InChI=1S/C30H33NO6/c1-30(2,3)20-11-8-18(9-12-20)14-22-27(19-10-13-24(34-4)23(32)15-19)31(29(22)33)21-16-25(35-5)28(37-7)26(17-21)36-6/h8-17,27,32H,1-7H3. The van der Waals surface area contributed by atoms with E-state index >= 15 is 0 Å². The van der Waals surface area contributed by atoms with Crippen LogP contribution >= 0.6 is 0 Å². The van der Waals surface area contributed by atoms with Gasteiger partial charge in [0.2, 0.25) is 5.75 Å². The highest BCUT2D eigenvalue weighted by molar-refractivity contribution is 6.18. The molecule has 1 aliphatic rings. The molecule has 1 N–H and O–H groups in total. The van der Waals surface area contributed by atoms with Crippen LogP contribution in [0.4, 0.5) is 5.69 Å². The topological polar surface area (TPSA) is 77.5 Å². The third-order valence-corrected chi connectivity index (χ3v) is 6.56. The molecule has 0 radical (unpaired) electrons. The number of carbonyl (C=O) groups is 1. The van der Waals surface area contributed by atoms with Crippen LogP contribution in [0.15, 0.2) is 60.2 Å². The maximum atomic E-state index is 13.6. The number of β-lactam (4-membered cyclic amide) rings is 1. The second kappa shape index (κ2) is 10.1. The molecule has 7 heteroatoms. The molecule has 3 aromatic rings. The van der Waals surface area contributed by atoms with E-state index in [0.717, 1.165) is 11.1 Å². The van der Waals surface area contributed by atoms with Gasteiger partial charge >= 0.3 is 0 Å². The Balaban J connectivity index is 1.82. The lowest BCUT2D eigenvalue weighted by Crippen LogP contribution is -2.49. The van der Waals surface area contributed by atoms with E-state index in [4.69, 9.17) is 18.9 Å². The summed E-state index contributed by atoms with van der Waals surface area (Å²) in [6, 6.07) is 16.4. The molecular formula is C30H33NO6. The Morgan fingerprint density at radius 3 is 1.89 bits per heavy atom. The Morgan fingerprint density at radius 1 is 0.811 bits per heavy atom. The molecule has 1 aliphatic heterocycles. The van der Waals surface area contributed by atoms with Crippen LogP contribution in [0.25, 0.3) is 6.08 Å². The highest BCUT2D eigenvalue weighted by Gasteiger charge is 2.44. The second-order valence-corrected chi connectivity index (χ2v) is 9.86. The van der Waals surface area contributed by atoms with Crippen molar-refractivity contribution < 1.29 is 28.8 Å². The number of carbonyl (C=O) groups excluding carboxylic acids is 1. The molecular weight excluding hydrogens is 470 g/mol. The fraction of sp³-hybridized carbons (Fsp3) is 0.300. The van der Waals surface area contributed by atoms with Gasteiger partial charge in [-0.15, -0.1) is 0 Å². The van der Waals surface area contributed by atoms with Crippen molar-refractivity contribution in [1.29, 1.82) is 0 Å². The molecule has 4 rings (SSSR count). The number of hydrogen-bond donors (Lipinski definition) is 1. The van der Waals surface area contributed by atoms with Crippen LogP contribution in [0, 0.1) is 0 Å². The van der Waals surface area contributed by atoms with E-state index in [0.29, 0.717) is 34.3 Å². The van der Waals surface area contributed by atoms with Crippen LogP contribution in [0.1, 0.15) is 43.5 Å². The molecule has 1 atom stereocenters. The summed E-state index contributed by atoms with van der Waals surface area (Å²) in [5, 5.41) is 10.5. The largest absolute Gasteiger partial charge is 0.504 e. The van der Waals surface area contributed by atoms with Gasteiger partial charge in [0.25, 0.3) is 5.91 Å². The lowest BCUT2D eigenvalue weighted by Gasteiger charge is -2.43. The molecule has 1 saturated heterocycles. The SMILES string of the molecule is COc1ccc(C2C(=Cc3ccc(C(C)(C)C)cc3)C(=O)N2c2cc(OC)c(OC)c(OC)c2)cc1O. The van der Waals surface area contributed by atoms with Gasteiger partial charge in [0.05, 0.1) is 40.2 Å². The third kappa shape index (κ3) is 4.81. The molecule has 0 spiro atoms. The summed E-state index contributed by atoms with van der Waals surface area (Å²) in [5.74, 6) is 1.52. The minimum absolute atomic E-state index is 0.00179. The van der Waals surface area contributed by atoms with Crippen molar-refractivity contribution in [3.63, 3.8) is 0 Å². The lowest BCUT2D eigenvalue weighted by molar-refractivity contribution is -0.118. The third-order valence-electron chi connectivity index (χ3n) is 6.56. The number of ether oxygens (including phenoxy) is 4. The first-order valence-corrected chi connectivity index (χ1v) is 12.0. The number of methoxy groups -OCH3 is 4. The molecule has 1 fully saturated rings. The van der Waals surface area contributed by atoms with E-state index in [2.05, 4.69) is 32.9 Å². The van der Waals surface area contributed by atoms with Crippen molar-refractivity contribution >= 4 is 17.7 Å². The van der Waals surface area contributed by atoms with Gasteiger partial charge in [0, 0.05) is 17.7 Å². The molecule has 1 heterocycles. The average Bonchev–Trinajstić information content (AvgIpc) is 2.88. The van der Waals surface area contributed by atoms with E-state index in [9.17, 15) is 9.90 Å². The fourth-order valence-electron chi connectivity index (χ4n) is 4.52. The Kier molecular flexibility index (Phi) is 7.07. The number of anilines is 1. The summed E-state index contributed by atoms with van der Waals surface area (Å²) in [4.78, 5) is 15.2.